The lowest BCUT2D eigenvalue weighted by Crippen LogP contribution is -2.37. The van der Waals surface area contributed by atoms with Gasteiger partial charge in [0, 0.05) is 24.5 Å². The third kappa shape index (κ3) is 4.68. The summed E-state index contributed by atoms with van der Waals surface area (Å²) >= 11 is 6.16. The molecule has 2 atom stereocenters. The van der Waals surface area contributed by atoms with Gasteiger partial charge in [0.05, 0.1) is 6.04 Å². The van der Waals surface area contributed by atoms with Crippen molar-refractivity contribution in [1.29, 1.82) is 0 Å². The van der Waals surface area contributed by atoms with E-state index in [1.54, 1.807) is 4.90 Å². The van der Waals surface area contributed by atoms with E-state index < -0.39 is 0 Å². The van der Waals surface area contributed by atoms with Crippen LogP contribution in [0.2, 0.25) is 5.02 Å². The van der Waals surface area contributed by atoms with Gasteiger partial charge in [-0.05, 0) is 25.6 Å². The van der Waals surface area contributed by atoms with Gasteiger partial charge in [-0.3, -0.25) is 4.79 Å². The molecule has 0 saturated carbocycles. The Morgan fingerprint density at radius 3 is 2.47 bits per heavy atom. The molecule has 0 heterocycles. The molecule has 1 aromatic rings. The summed E-state index contributed by atoms with van der Waals surface area (Å²) in [5.74, 6) is 0.0849. The standard InChI is InChI=1S/C14H21ClN2O.ClH/c1-10(9-16-3)14(18)17(4)11(2)12-7-5-6-8-13(12)15;/h5-8,10-11,16H,9H2,1-4H3;1H. The molecule has 0 aliphatic heterocycles. The Morgan fingerprint density at radius 2 is 1.95 bits per heavy atom. The van der Waals surface area contributed by atoms with Crippen molar-refractivity contribution in [3.8, 4) is 0 Å². The topological polar surface area (TPSA) is 32.3 Å². The van der Waals surface area contributed by atoms with Gasteiger partial charge in [0.1, 0.15) is 0 Å². The van der Waals surface area contributed by atoms with Gasteiger partial charge in [-0.2, -0.15) is 0 Å². The van der Waals surface area contributed by atoms with Gasteiger partial charge < -0.3 is 10.2 Å². The number of nitrogens with zero attached hydrogens (tertiary/aromatic N) is 1. The molecular formula is C14H22Cl2N2O. The molecule has 0 radical (unpaired) electrons. The van der Waals surface area contributed by atoms with Crippen LogP contribution in [0.4, 0.5) is 0 Å². The number of amides is 1. The number of rotatable bonds is 5. The summed E-state index contributed by atoms with van der Waals surface area (Å²) in [4.78, 5) is 14.0. The lowest BCUT2D eigenvalue weighted by atomic mass is 10.0. The lowest BCUT2D eigenvalue weighted by Gasteiger charge is -2.28. The van der Waals surface area contributed by atoms with E-state index in [1.165, 1.54) is 0 Å². The zero-order valence-electron chi connectivity index (χ0n) is 11.8. The van der Waals surface area contributed by atoms with Gasteiger partial charge in [-0.15, -0.1) is 12.4 Å². The molecule has 0 saturated heterocycles. The van der Waals surface area contributed by atoms with Crippen LogP contribution in [0.1, 0.15) is 25.5 Å². The van der Waals surface area contributed by atoms with E-state index >= 15 is 0 Å². The molecule has 5 heteroatoms. The normalized spacial score (nSPS) is 13.3. The van der Waals surface area contributed by atoms with E-state index in [1.807, 2.05) is 52.2 Å². The van der Waals surface area contributed by atoms with Crippen molar-refractivity contribution in [1.82, 2.24) is 10.2 Å². The number of carbonyl (C=O) groups excluding carboxylic acids is 1. The average Bonchev–Trinajstić information content (AvgIpc) is 2.37. The minimum absolute atomic E-state index is 0. The molecule has 0 fully saturated rings. The second-order valence-electron chi connectivity index (χ2n) is 4.61. The molecule has 1 N–H and O–H groups in total. The molecule has 1 rings (SSSR count). The van der Waals surface area contributed by atoms with Crippen molar-refractivity contribution in [3.63, 3.8) is 0 Å². The minimum Gasteiger partial charge on any atom is -0.339 e. The fourth-order valence-electron chi connectivity index (χ4n) is 1.95. The first-order valence-corrected chi connectivity index (χ1v) is 6.52. The summed E-state index contributed by atoms with van der Waals surface area (Å²) < 4.78 is 0. The first-order valence-electron chi connectivity index (χ1n) is 6.14. The molecule has 108 valence electrons. The maximum atomic E-state index is 12.2. The number of halogens is 2. The SMILES string of the molecule is CNCC(C)C(=O)N(C)C(C)c1ccccc1Cl.Cl. The Hall–Kier alpha value is -0.770. The quantitative estimate of drug-likeness (QED) is 0.906. The molecule has 1 amide bonds. The summed E-state index contributed by atoms with van der Waals surface area (Å²) in [5, 5.41) is 3.72. The number of hydrogen-bond acceptors (Lipinski definition) is 2. The van der Waals surface area contributed by atoms with Crippen molar-refractivity contribution in [2.45, 2.75) is 19.9 Å². The molecule has 0 aliphatic carbocycles. The lowest BCUT2D eigenvalue weighted by molar-refractivity contribution is -0.135. The Kier molecular flexibility index (Phi) is 8.07. The van der Waals surface area contributed by atoms with E-state index in [-0.39, 0.29) is 30.3 Å². The van der Waals surface area contributed by atoms with Crippen molar-refractivity contribution in [2.24, 2.45) is 5.92 Å². The van der Waals surface area contributed by atoms with Crippen molar-refractivity contribution in [3.05, 3.63) is 34.9 Å². The monoisotopic (exact) mass is 304 g/mol. The van der Waals surface area contributed by atoms with Crippen molar-refractivity contribution >= 4 is 29.9 Å². The minimum atomic E-state index is -0.0371. The molecule has 19 heavy (non-hydrogen) atoms. The van der Waals surface area contributed by atoms with Gasteiger partial charge in [-0.25, -0.2) is 0 Å². The molecule has 1 aromatic carbocycles. The zero-order valence-corrected chi connectivity index (χ0v) is 13.4. The number of nitrogens with one attached hydrogen (secondary N) is 1. The number of hydrogen-bond donors (Lipinski definition) is 1. The highest BCUT2D eigenvalue weighted by Gasteiger charge is 2.23. The zero-order chi connectivity index (χ0) is 13.7. The van der Waals surface area contributed by atoms with E-state index in [2.05, 4.69) is 5.32 Å². The van der Waals surface area contributed by atoms with E-state index in [9.17, 15) is 4.79 Å². The summed E-state index contributed by atoms with van der Waals surface area (Å²) in [6.45, 7) is 4.60. The number of carbonyl (C=O) groups is 1. The van der Waals surface area contributed by atoms with Gasteiger partial charge in [0.15, 0.2) is 0 Å². The van der Waals surface area contributed by atoms with Crippen LogP contribution >= 0.6 is 24.0 Å². The summed E-state index contributed by atoms with van der Waals surface area (Å²) in [5.41, 5.74) is 0.978. The van der Waals surface area contributed by atoms with Crippen LogP contribution in [-0.2, 0) is 4.79 Å². The third-order valence-corrected chi connectivity index (χ3v) is 3.56. The van der Waals surface area contributed by atoms with Crippen LogP contribution < -0.4 is 5.32 Å². The maximum Gasteiger partial charge on any atom is 0.226 e. The Morgan fingerprint density at radius 1 is 1.37 bits per heavy atom. The fourth-order valence-corrected chi connectivity index (χ4v) is 2.25. The molecular weight excluding hydrogens is 283 g/mol. The highest BCUT2D eigenvalue weighted by atomic mass is 35.5. The number of benzene rings is 1. The Bertz CT molecular complexity index is 412. The second-order valence-corrected chi connectivity index (χ2v) is 5.01. The van der Waals surface area contributed by atoms with Crippen LogP contribution in [0, 0.1) is 5.92 Å². The largest absolute Gasteiger partial charge is 0.339 e. The second kappa shape index (κ2) is 8.41. The fraction of sp³-hybridized carbons (Fsp3) is 0.500. The highest BCUT2D eigenvalue weighted by molar-refractivity contribution is 6.31. The molecule has 2 unspecified atom stereocenters. The smallest absolute Gasteiger partial charge is 0.226 e. The van der Waals surface area contributed by atoms with Crippen LogP contribution in [0.25, 0.3) is 0 Å². The maximum absolute atomic E-state index is 12.2. The van der Waals surface area contributed by atoms with E-state index in [0.717, 1.165) is 5.56 Å². The van der Waals surface area contributed by atoms with Gasteiger partial charge in [0.25, 0.3) is 0 Å². The Labute approximate surface area is 126 Å². The Balaban J connectivity index is 0.00000324. The van der Waals surface area contributed by atoms with Crippen LogP contribution in [0.5, 0.6) is 0 Å². The van der Waals surface area contributed by atoms with Gasteiger partial charge >= 0.3 is 0 Å². The average molecular weight is 305 g/mol. The summed E-state index contributed by atoms with van der Waals surface area (Å²) in [6.07, 6.45) is 0. The van der Waals surface area contributed by atoms with Crippen LogP contribution in [0.3, 0.4) is 0 Å². The molecule has 0 bridgehead atoms. The van der Waals surface area contributed by atoms with Gasteiger partial charge in [0.2, 0.25) is 5.91 Å². The van der Waals surface area contributed by atoms with E-state index in [4.69, 9.17) is 11.6 Å². The third-order valence-electron chi connectivity index (χ3n) is 3.22. The predicted molar refractivity (Wildman–Crippen MR) is 83.0 cm³/mol. The molecule has 0 spiro atoms. The van der Waals surface area contributed by atoms with Crippen molar-refractivity contribution in [2.75, 3.05) is 20.6 Å². The predicted octanol–water partition coefficient (Wildman–Crippen LogP) is 3.14. The van der Waals surface area contributed by atoms with Crippen LogP contribution in [0.15, 0.2) is 24.3 Å². The molecule has 0 aromatic heterocycles. The highest BCUT2D eigenvalue weighted by Crippen LogP contribution is 2.26. The van der Waals surface area contributed by atoms with Crippen LogP contribution in [-0.4, -0.2) is 31.4 Å². The first-order chi connectivity index (χ1) is 8.49. The van der Waals surface area contributed by atoms with Crippen molar-refractivity contribution < 1.29 is 4.79 Å². The van der Waals surface area contributed by atoms with E-state index in [0.29, 0.717) is 11.6 Å². The summed E-state index contributed by atoms with van der Waals surface area (Å²) in [6, 6.07) is 7.62. The summed E-state index contributed by atoms with van der Waals surface area (Å²) in [7, 11) is 3.67. The molecule has 3 nitrogen and oxygen atoms in total. The molecule has 0 aliphatic rings. The first kappa shape index (κ1) is 18.2. The van der Waals surface area contributed by atoms with Gasteiger partial charge in [-0.1, -0.05) is 36.7 Å².